The summed E-state index contributed by atoms with van der Waals surface area (Å²) in [4.78, 5) is 0. The van der Waals surface area contributed by atoms with Gasteiger partial charge >= 0.3 is 0 Å². The zero-order valence-corrected chi connectivity index (χ0v) is 11.4. The summed E-state index contributed by atoms with van der Waals surface area (Å²) >= 11 is 0. The van der Waals surface area contributed by atoms with E-state index in [0.29, 0.717) is 17.6 Å². The monoisotopic (exact) mass is 273 g/mol. The number of halogens is 2. The molecule has 104 valence electrons. The van der Waals surface area contributed by atoms with Crippen molar-refractivity contribution in [2.75, 3.05) is 5.32 Å². The van der Waals surface area contributed by atoms with Gasteiger partial charge < -0.3 is 5.32 Å². The van der Waals surface area contributed by atoms with Gasteiger partial charge in [-0.05, 0) is 43.4 Å². The first kappa shape index (κ1) is 13.1. The maximum atomic E-state index is 13.1. The van der Waals surface area contributed by atoms with E-state index in [-0.39, 0.29) is 0 Å². The van der Waals surface area contributed by atoms with Gasteiger partial charge in [-0.1, -0.05) is 29.8 Å². The highest BCUT2D eigenvalue weighted by Gasteiger charge is 2.30. The second kappa shape index (κ2) is 5.23. The lowest BCUT2D eigenvalue weighted by atomic mass is 9.75. The molecule has 1 N–H and O–H groups in total. The minimum Gasteiger partial charge on any atom is -0.382 e. The van der Waals surface area contributed by atoms with Crippen molar-refractivity contribution in [2.24, 2.45) is 0 Å². The molecule has 0 aromatic heterocycles. The number of rotatable bonds is 3. The predicted molar refractivity (Wildman–Crippen MR) is 76.9 cm³/mol. The van der Waals surface area contributed by atoms with Gasteiger partial charge in [0.1, 0.15) is 11.6 Å². The maximum Gasteiger partial charge on any atom is 0.128 e. The van der Waals surface area contributed by atoms with Crippen LogP contribution in [0.2, 0.25) is 0 Å². The molecule has 0 bridgehead atoms. The van der Waals surface area contributed by atoms with Crippen LogP contribution in [0.25, 0.3) is 0 Å². The second-order valence-corrected chi connectivity index (χ2v) is 5.58. The van der Waals surface area contributed by atoms with Crippen LogP contribution in [0.15, 0.2) is 42.5 Å². The Labute approximate surface area is 117 Å². The van der Waals surface area contributed by atoms with Crippen LogP contribution in [0.1, 0.15) is 29.9 Å². The molecular formula is C17H17F2N. The fourth-order valence-electron chi connectivity index (χ4n) is 2.80. The highest BCUT2D eigenvalue weighted by molar-refractivity contribution is 5.45. The van der Waals surface area contributed by atoms with Gasteiger partial charge in [0.2, 0.25) is 0 Å². The van der Waals surface area contributed by atoms with E-state index < -0.39 is 11.6 Å². The molecule has 3 heteroatoms. The van der Waals surface area contributed by atoms with Crippen molar-refractivity contribution in [2.45, 2.75) is 31.7 Å². The fourth-order valence-corrected chi connectivity index (χ4v) is 2.80. The maximum absolute atomic E-state index is 13.1. The number of hydrogen-bond acceptors (Lipinski definition) is 1. The molecule has 1 saturated carbocycles. The average molecular weight is 273 g/mol. The molecule has 2 aromatic carbocycles. The SMILES string of the molecule is Cc1cccc(C2CC(Nc3cc(F)cc(F)c3)C2)c1. The van der Waals surface area contributed by atoms with Crippen LogP contribution in [0.4, 0.5) is 14.5 Å². The number of anilines is 1. The number of benzene rings is 2. The van der Waals surface area contributed by atoms with E-state index in [2.05, 4.69) is 36.5 Å². The first-order valence-corrected chi connectivity index (χ1v) is 6.89. The molecule has 0 spiro atoms. The van der Waals surface area contributed by atoms with Crippen LogP contribution in [0.3, 0.4) is 0 Å². The highest BCUT2D eigenvalue weighted by atomic mass is 19.1. The smallest absolute Gasteiger partial charge is 0.128 e. The fraction of sp³-hybridized carbons (Fsp3) is 0.294. The summed E-state index contributed by atoms with van der Waals surface area (Å²) in [5.74, 6) is -0.532. The number of aryl methyl sites for hydroxylation is 1. The number of nitrogens with one attached hydrogen (secondary N) is 1. The van der Waals surface area contributed by atoms with Gasteiger partial charge in [-0.25, -0.2) is 8.78 Å². The molecule has 0 unspecified atom stereocenters. The first-order valence-electron chi connectivity index (χ1n) is 6.89. The summed E-state index contributed by atoms with van der Waals surface area (Å²) in [7, 11) is 0. The lowest BCUT2D eigenvalue weighted by Crippen LogP contribution is -2.34. The Balaban J connectivity index is 1.61. The summed E-state index contributed by atoms with van der Waals surface area (Å²) in [5, 5.41) is 3.19. The summed E-state index contributed by atoms with van der Waals surface area (Å²) in [6.45, 7) is 2.09. The molecule has 3 rings (SSSR count). The van der Waals surface area contributed by atoms with Crippen molar-refractivity contribution in [3.8, 4) is 0 Å². The van der Waals surface area contributed by atoms with Gasteiger partial charge in [0.15, 0.2) is 0 Å². The Morgan fingerprint density at radius 1 is 1.00 bits per heavy atom. The van der Waals surface area contributed by atoms with E-state index >= 15 is 0 Å². The highest BCUT2D eigenvalue weighted by Crippen LogP contribution is 2.38. The molecule has 0 saturated heterocycles. The Morgan fingerprint density at radius 2 is 1.70 bits per heavy atom. The van der Waals surface area contributed by atoms with Crippen LogP contribution in [-0.4, -0.2) is 6.04 Å². The lowest BCUT2D eigenvalue weighted by molar-refractivity contribution is 0.374. The summed E-state index contributed by atoms with van der Waals surface area (Å²) in [5.41, 5.74) is 3.15. The van der Waals surface area contributed by atoms with E-state index in [0.717, 1.165) is 18.9 Å². The molecule has 1 aliphatic carbocycles. The first-order chi connectivity index (χ1) is 9.60. The van der Waals surface area contributed by atoms with Crippen LogP contribution >= 0.6 is 0 Å². The normalized spacial score (nSPS) is 21.4. The van der Waals surface area contributed by atoms with Crippen LogP contribution in [0.5, 0.6) is 0 Å². The molecule has 0 radical (unpaired) electrons. The van der Waals surface area contributed by atoms with Crippen LogP contribution < -0.4 is 5.32 Å². The third-order valence-corrected chi connectivity index (χ3v) is 3.88. The van der Waals surface area contributed by atoms with Crippen molar-refractivity contribution in [1.82, 2.24) is 0 Å². The van der Waals surface area contributed by atoms with Crippen molar-refractivity contribution in [1.29, 1.82) is 0 Å². The van der Waals surface area contributed by atoms with Crippen molar-refractivity contribution in [3.05, 3.63) is 65.2 Å². The predicted octanol–water partition coefficient (Wildman–Crippen LogP) is 4.63. The van der Waals surface area contributed by atoms with Gasteiger partial charge in [-0.15, -0.1) is 0 Å². The summed E-state index contributed by atoms with van der Waals surface area (Å²) < 4.78 is 26.2. The number of hydrogen-bond donors (Lipinski definition) is 1. The van der Waals surface area contributed by atoms with Crippen LogP contribution in [-0.2, 0) is 0 Å². The van der Waals surface area contributed by atoms with Crippen LogP contribution in [0, 0.1) is 18.6 Å². The lowest BCUT2D eigenvalue weighted by Gasteiger charge is -2.37. The molecule has 1 fully saturated rings. The van der Waals surface area contributed by atoms with Gasteiger partial charge in [0, 0.05) is 17.8 Å². The van der Waals surface area contributed by atoms with E-state index in [1.54, 1.807) is 0 Å². The molecule has 0 atom stereocenters. The van der Waals surface area contributed by atoms with Crippen molar-refractivity contribution in [3.63, 3.8) is 0 Å². The molecule has 20 heavy (non-hydrogen) atoms. The third-order valence-electron chi connectivity index (χ3n) is 3.88. The standard InChI is InChI=1S/C17H17F2N/c1-11-3-2-4-12(5-11)13-6-16(7-13)20-17-9-14(18)8-15(19)10-17/h2-5,8-10,13,16,20H,6-7H2,1H3. The summed E-state index contributed by atoms with van der Waals surface area (Å²) in [6, 6.07) is 12.4. The zero-order valence-electron chi connectivity index (χ0n) is 11.4. The Bertz CT molecular complexity index is 598. The minimum atomic E-state index is -0.540. The minimum absolute atomic E-state index is 0.293. The third kappa shape index (κ3) is 2.82. The quantitative estimate of drug-likeness (QED) is 0.859. The van der Waals surface area contributed by atoms with Gasteiger partial charge in [0.25, 0.3) is 0 Å². The van der Waals surface area contributed by atoms with Crippen molar-refractivity contribution >= 4 is 5.69 Å². The van der Waals surface area contributed by atoms with E-state index in [1.165, 1.54) is 23.3 Å². The van der Waals surface area contributed by atoms with Crippen molar-refractivity contribution < 1.29 is 8.78 Å². The molecule has 1 nitrogen and oxygen atoms in total. The zero-order chi connectivity index (χ0) is 14.1. The molecule has 0 amide bonds. The largest absolute Gasteiger partial charge is 0.382 e. The molecule has 1 aliphatic rings. The van der Waals surface area contributed by atoms with E-state index in [4.69, 9.17) is 0 Å². The second-order valence-electron chi connectivity index (χ2n) is 5.58. The Kier molecular flexibility index (Phi) is 3.43. The average Bonchev–Trinajstić information content (AvgIpc) is 2.32. The Morgan fingerprint density at radius 3 is 2.35 bits per heavy atom. The van der Waals surface area contributed by atoms with Gasteiger partial charge in [0.05, 0.1) is 0 Å². The van der Waals surface area contributed by atoms with Gasteiger partial charge in [-0.3, -0.25) is 0 Å². The molecular weight excluding hydrogens is 256 g/mol. The Hall–Kier alpha value is -1.90. The molecule has 0 aliphatic heterocycles. The molecule has 2 aromatic rings. The van der Waals surface area contributed by atoms with E-state index in [9.17, 15) is 8.78 Å². The van der Waals surface area contributed by atoms with Gasteiger partial charge in [-0.2, -0.15) is 0 Å². The summed E-state index contributed by atoms with van der Waals surface area (Å²) in [6.07, 6.45) is 2.00. The van der Waals surface area contributed by atoms with E-state index in [1.807, 2.05) is 0 Å². The topological polar surface area (TPSA) is 12.0 Å². The molecule has 0 heterocycles.